The maximum absolute atomic E-state index is 9.99. The summed E-state index contributed by atoms with van der Waals surface area (Å²) in [4.78, 5) is 9.99. The van der Waals surface area contributed by atoms with Gasteiger partial charge in [0.2, 0.25) is 0 Å². The highest BCUT2D eigenvalue weighted by molar-refractivity contribution is 5.66. The lowest BCUT2D eigenvalue weighted by molar-refractivity contribution is -0.137. The van der Waals surface area contributed by atoms with Crippen LogP contribution in [-0.2, 0) is 4.79 Å². The molecule has 0 spiro atoms. The fourth-order valence-electron chi connectivity index (χ4n) is 0.529. The van der Waals surface area contributed by atoms with Gasteiger partial charge in [0.25, 0.3) is 0 Å². The van der Waals surface area contributed by atoms with Gasteiger partial charge in [-0.2, -0.15) is 10.2 Å². The summed E-state index contributed by atoms with van der Waals surface area (Å²) in [6.45, 7) is 1.82. The lowest BCUT2D eigenvalue weighted by Gasteiger charge is -1.97. The number of rotatable bonds is 3. The Morgan fingerprint density at radius 1 is 1.67 bits per heavy atom. The second-order valence-corrected chi connectivity index (χ2v) is 2.31. The minimum absolute atomic E-state index is 0.156. The van der Waals surface area contributed by atoms with E-state index in [0.29, 0.717) is 6.42 Å². The molecule has 9 heavy (non-hydrogen) atoms. The molecule has 1 heterocycles. The second-order valence-electron chi connectivity index (χ2n) is 2.31. The number of hydrogen-bond acceptors (Lipinski definition) is 3. The molecule has 0 radical (unpaired) electrons. The van der Waals surface area contributed by atoms with Gasteiger partial charge >= 0.3 is 5.97 Å². The Balaban J connectivity index is 2.13. The SMILES string of the molecule is CC1(CCC(=O)O)[15N]=[15N]1. The number of carbonyl (C=O) groups is 1. The van der Waals surface area contributed by atoms with Crippen LogP contribution in [0.1, 0.15) is 19.8 Å². The molecule has 1 aliphatic heterocycles. The van der Waals surface area contributed by atoms with Crippen LogP contribution in [0.5, 0.6) is 0 Å². The van der Waals surface area contributed by atoms with Crippen LogP contribution >= 0.6 is 0 Å². The molecule has 4 heteroatoms. The smallest absolute Gasteiger partial charge is 0.303 e. The zero-order valence-corrected chi connectivity index (χ0v) is 5.16. The fourth-order valence-corrected chi connectivity index (χ4v) is 0.529. The third-order valence-corrected chi connectivity index (χ3v) is 1.25. The summed E-state index contributed by atoms with van der Waals surface area (Å²) in [7, 11) is 0. The van der Waals surface area contributed by atoms with Crippen molar-refractivity contribution < 1.29 is 9.90 Å². The minimum Gasteiger partial charge on any atom is -0.481 e. The van der Waals surface area contributed by atoms with Gasteiger partial charge in [-0.05, 0) is 6.92 Å². The van der Waals surface area contributed by atoms with Crippen molar-refractivity contribution in [2.45, 2.75) is 25.4 Å². The quantitative estimate of drug-likeness (QED) is 0.580. The Bertz CT molecular complexity index is 158. The standard InChI is InChI=1S/C5H8N2O2/c1-5(6-7-5)3-2-4(8)9/h2-3H2,1H3,(H,8,9)/i6+1,7+1. The normalized spacial score (nSPS) is 19.7. The molecule has 1 rings (SSSR count). The van der Waals surface area contributed by atoms with Crippen molar-refractivity contribution in [2.24, 2.45) is 10.2 Å². The van der Waals surface area contributed by atoms with Crippen molar-refractivity contribution in [1.82, 2.24) is 0 Å². The van der Waals surface area contributed by atoms with E-state index >= 15 is 0 Å². The molecule has 0 saturated carbocycles. The van der Waals surface area contributed by atoms with E-state index in [9.17, 15) is 4.79 Å². The molecule has 0 aromatic rings. The summed E-state index contributed by atoms with van der Waals surface area (Å²) in [6.07, 6.45) is 0.686. The minimum atomic E-state index is -0.784. The number of hydrogen-bond donors (Lipinski definition) is 1. The van der Waals surface area contributed by atoms with E-state index in [-0.39, 0.29) is 12.1 Å². The monoisotopic (exact) mass is 130 g/mol. The Morgan fingerprint density at radius 3 is 2.56 bits per heavy atom. The van der Waals surface area contributed by atoms with E-state index < -0.39 is 5.97 Å². The van der Waals surface area contributed by atoms with Gasteiger partial charge in [0.15, 0.2) is 5.66 Å². The second kappa shape index (κ2) is 1.79. The van der Waals surface area contributed by atoms with Crippen molar-refractivity contribution in [3.05, 3.63) is 0 Å². The highest BCUT2D eigenvalue weighted by atomic mass is 16.4. The van der Waals surface area contributed by atoms with Crippen LogP contribution in [0.4, 0.5) is 0 Å². The summed E-state index contributed by atoms with van der Waals surface area (Å²) in [5.74, 6) is -0.784. The average molecular weight is 130 g/mol. The van der Waals surface area contributed by atoms with Crippen LogP contribution in [0.15, 0.2) is 10.2 Å². The summed E-state index contributed by atoms with van der Waals surface area (Å²) >= 11 is 0. The molecule has 0 fully saturated rings. The van der Waals surface area contributed by atoms with Crippen LogP contribution in [0.25, 0.3) is 0 Å². The predicted molar refractivity (Wildman–Crippen MR) is 30.1 cm³/mol. The first-order valence-corrected chi connectivity index (χ1v) is 2.78. The van der Waals surface area contributed by atoms with Gasteiger partial charge in [-0.3, -0.25) is 4.79 Å². The van der Waals surface area contributed by atoms with E-state index in [0.717, 1.165) is 0 Å². The molecule has 0 aromatic heterocycles. The summed E-state index contributed by atoms with van der Waals surface area (Å²) in [5, 5.41) is 15.6. The molecule has 1 aliphatic rings. The number of carboxylic acids is 1. The number of carboxylic acid groups (broad SMARTS) is 1. The Labute approximate surface area is 52.6 Å². The lowest BCUT2D eigenvalue weighted by atomic mass is 10.2. The van der Waals surface area contributed by atoms with Gasteiger partial charge in [0.05, 0.1) is 0 Å². The molecule has 4 nitrogen and oxygen atoms in total. The molecular formula is C5H8N2O2. The van der Waals surface area contributed by atoms with Gasteiger partial charge in [0, 0.05) is 12.8 Å². The van der Waals surface area contributed by atoms with E-state index in [1.54, 1.807) is 0 Å². The zero-order valence-electron chi connectivity index (χ0n) is 5.16. The molecule has 0 amide bonds. The van der Waals surface area contributed by atoms with Crippen molar-refractivity contribution >= 4 is 5.97 Å². The van der Waals surface area contributed by atoms with Crippen LogP contribution in [0.3, 0.4) is 0 Å². The van der Waals surface area contributed by atoms with E-state index in [4.69, 9.17) is 5.11 Å². The summed E-state index contributed by atoms with van der Waals surface area (Å²) in [5.41, 5.74) is -0.349. The molecular weight excluding hydrogens is 122 g/mol. The van der Waals surface area contributed by atoms with E-state index in [1.807, 2.05) is 6.92 Å². The third-order valence-electron chi connectivity index (χ3n) is 1.25. The van der Waals surface area contributed by atoms with Crippen LogP contribution in [0, 0.1) is 0 Å². The average Bonchev–Trinajstić information content (AvgIpc) is 2.45. The highest BCUT2D eigenvalue weighted by Crippen LogP contribution is 2.31. The van der Waals surface area contributed by atoms with Crippen LogP contribution in [-0.4, -0.2) is 16.7 Å². The maximum atomic E-state index is 9.99. The topological polar surface area (TPSA) is 62.0 Å². The number of aliphatic carboxylic acids is 1. The third kappa shape index (κ3) is 1.79. The van der Waals surface area contributed by atoms with Crippen molar-refractivity contribution in [2.75, 3.05) is 0 Å². The molecule has 0 aliphatic carbocycles. The highest BCUT2D eigenvalue weighted by Gasteiger charge is 2.33. The first-order chi connectivity index (χ1) is 4.12. The first-order valence-electron chi connectivity index (χ1n) is 2.78. The molecule has 0 atom stereocenters. The van der Waals surface area contributed by atoms with E-state index in [2.05, 4.69) is 10.2 Å². The van der Waals surface area contributed by atoms with Gasteiger partial charge < -0.3 is 5.11 Å². The molecule has 0 bridgehead atoms. The van der Waals surface area contributed by atoms with Crippen molar-refractivity contribution in [1.29, 1.82) is 0 Å². The summed E-state index contributed by atoms with van der Waals surface area (Å²) in [6, 6.07) is 0. The van der Waals surface area contributed by atoms with Crippen LogP contribution in [0.2, 0.25) is 0 Å². The van der Waals surface area contributed by atoms with E-state index in [1.165, 1.54) is 0 Å². The maximum Gasteiger partial charge on any atom is 0.303 e. The Hall–Kier alpha value is -0.930. The molecule has 1 N–H and O–H groups in total. The zero-order chi connectivity index (χ0) is 6.91. The van der Waals surface area contributed by atoms with Gasteiger partial charge in [-0.25, -0.2) is 0 Å². The molecule has 0 unspecified atom stereocenters. The number of nitrogens with zero attached hydrogens (tertiary/aromatic N) is 2. The van der Waals surface area contributed by atoms with Gasteiger partial charge in [-0.15, -0.1) is 0 Å². The lowest BCUT2D eigenvalue weighted by Crippen LogP contribution is -2.07. The largest absolute Gasteiger partial charge is 0.481 e. The summed E-state index contributed by atoms with van der Waals surface area (Å²) < 4.78 is 0. The molecule has 0 saturated heterocycles. The predicted octanol–water partition coefficient (Wildman–Crippen LogP) is 1.03. The Kier molecular flexibility index (Phi) is 1.23. The Morgan fingerprint density at radius 2 is 2.22 bits per heavy atom. The van der Waals surface area contributed by atoms with Gasteiger partial charge in [0.1, 0.15) is 0 Å². The van der Waals surface area contributed by atoms with Crippen molar-refractivity contribution in [3.63, 3.8) is 0 Å². The molecule has 50 valence electrons. The van der Waals surface area contributed by atoms with Crippen LogP contribution < -0.4 is 0 Å². The molecule has 0 aromatic carbocycles. The first kappa shape index (κ1) is 6.19. The fraction of sp³-hybridized carbons (Fsp3) is 0.800. The van der Waals surface area contributed by atoms with Gasteiger partial charge in [-0.1, -0.05) is 0 Å². The van der Waals surface area contributed by atoms with Crippen molar-refractivity contribution in [3.8, 4) is 0 Å².